The lowest BCUT2D eigenvalue weighted by molar-refractivity contribution is 0.0687. The van der Waals surface area contributed by atoms with E-state index >= 15 is 0 Å². The summed E-state index contributed by atoms with van der Waals surface area (Å²) in [6.45, 7) is 7.56. The third kappa shape index (κ3) is 3.81. The lowest BCUT2D eigenvalue weighted by Gasteiger charge is -2.33. The van der Waals surface area contributed by atoms with Gasteiger partial charge in [0.25, 0.3) is 11.5 Å². The molecule has 0 spiro atoms. The molecule has 0 atom stereocenters. The van der Waals surface area contributed by atoms with Crippen LogP contribution in [-0.2, 0) is 5.41 Å². The van der Waals surface area contributed by atoms with Crippen molar-refractivity contribution >= 4 is 5.91 Å². The lowest BCUT2D eigenvalue weighted by Crippen LogP contribution is -2.41. The van der Waals surface area contributed by atoms with Crippen molar-refractivity contribution < 1.29 is 4.79 Å². The van der Waals surface area contributed by atoms with Crippen molar-refractivity contribution in [2.24, 2.45) is 0 Å². The molecule has 0 unspecified atom stereocenters. The average molecular weight is 339 g/mol. The van der Waals surface area contributed by atoms with Crippen molar-refractivity contribution in [2.75, 3.05) is 13.1 Å². The first kappa shape index (κ1) is 17.4. The topological polar surface area (TPSA) is 55.2 Å². The largest absolute Gasteiger partial charge is 0.338 e. The maximum Gasteiger partial charge on any atom is 0.267 e. The van der Waals surface area contributed by atoms with E-state index in [2.05, 4.69) is 25.9 Å². The van der Waals surface area contributed by atoms with Crippen molar-refractivity contribution in [3.05, 3.63) is 64.1 Å². The molecule has 0 bridgehead atoms. The number of carbonyl (C=O) groups is 1. The second-order valence-corrected chi connectivity index (χ2v) is 7.64. The third-order valence-electron chi connectivity index (χ3n) is 4.71. The van der Waals surface area contributed by atoms with Crippen LogP contribution in [0.5, 0.6) is 0 Å². The summed E-state index contributed by atoms with van der Waals surface area (Å²) in [4.78, 5) is 26.7. The third-order valence-corrected chi connectivity index (χ3v) is 4.71. The second-order valence-electron chi connectivity index (χ2n) is 7.64. The number of piperidine rings is 1. The van der Waals surface area contributed by atoms with Crippen LogP contribution in [0.15, 0.2) is 47.3 Å². The van der Waals surface area contributed by atoms with E-state index in [9.17, 15) is 9.59 Å². The van der Waals surface area contributed by atoms with Gasteiger partial charge in [-0.15, -0.1) is 0 Å². The summed E-state index contributed by atoms with van der Waals surface area (Å²) < 4.78 is 1.62. The Balaban J connectivity index is 1.73. The molecule has 3 rings (SSSR count). The molecule has 0 N–H and O–H groups in total. The number of hydrogen-bond acceptors (Lipinski definition) is 3. The van der Waals surface area contributed by atoms with Crippen molar-refractivity contribution in [1.82, 2.24) is 14.7 Å². The minimum absolute atomic E-state index is 0.0506. The van der Waals surface area contributed by atoms with Gasteiger partial charge >= 0.3 is 0 Å². The summed E-state index contributed by atoms with van der Waals surface area (Å²) in [5.41, 5.74) is 1.46. The Morgan fingerprint density at radius 2 is 1.68 bits per heavy atom. The van der Waals surface area contributed by atoms with Gasteiger partial charge in [0, 0.05) is 30.1 Å². The molecule has 5 nitrogen and oxygen atoms in total. The van der Waals surface area contributed by atoms with Crippen molar-refractivity contribution in [3.63, 3.8) is 0 Å². The zero-order valence-corrected chi connectivity index (χ0v) is 15.1. The van der Waals surface area contributed by atoms with E-state index in [0.717, 1.165) is 18.5 Å². The van der Waals surface area contributed by atoms with Gasteiger partial charge in [-0.3, -0.25) is 9.59 Å². The van der Waals surface area contributed by atoms with E-state index in [4.69, 9.17) is 0 Å². The number of nitrogens with zero attached hydrogens (tertiary/aromatic N) is 3. The van der Waals surface area contributed by atoms with E-state index < -0.39 is 0 Å². The summed E-state index contributed by atoms with van der Waals surface area (Å²) in [5, 5.41) is 4.60. The quantitative estimate of drug-likeness (QED) is 0.845. The van der Waals surface area contributed by atoms with Gasteiger partial charge in [0.2, 0.25) is 0 Å². The molecule has 0 saturated carbocycles. The highest BCUT2D eigenvalue weighted by atomic mass is 16.2. The highest BCUT2D eigenvalue weighted by Gasteiger charge is 2.26. The highest BCUT2D eigenvalue weighted by molar-refractivity contribution is 5.94. The summed E-state index contributed by atoms with van der Waals surface area (Å²) in [6, 6.07) is 12.8. The molecule has 1 fully saturated rings. The molecular weight excluding hydrogens is 314 g/mol. The summed E-state index contributed by atoms with van der Waals surface area (Å²) in [6.07, 6.45) is 1.50. The molecule has 25 heavy (non-hydrogen) atoms. The molecule has 1 aliphatic rings. The number of aromatic nitrogens is 2. The van der Waals surface area contributed by atoms with Crippen LogP contribution < -0.4 is 5.56 Å². The van der Waals surface area contributed by atoms with E-state index in [0.29, 0.717) is 18.7 Å². The van der Waals surface area contributed by atoms with Crippen molar-refractivity contribution in [1.29, 1.82) is 0 Å². The van der Waals surface area contributed by atoms with Crippen LogP contribution >= 0.6 is 0 Å². The first-order valence-corrected chi connectivity index (χ1v) is 8.81. The van der Waals surface area contributed by atoms with Crippen LogP contribution in [0.1, 0.15) is 55.7 Å². The summed E-state index contributed by atoms with van der Waals surface area (Å²) in [5.74, 6) is 0.0581. The molecule has 1 aromatic heterocycles. The van der Waals surface area contributed by atoms with Crippen LogP contribution in [-0.4, -0.2) is 33.7 Å². The Kier molecular flexibility index (Phi) is 4.75. The number of hydrogen-bond donors (Lipinski definition) is 0. The first-order valence-electron chi connectivity index (χ1n) is 8.81. The Bertz CT molecular complexity index is 798. The van der Waals surface area contributed by atoms with Gasteiger partial charge in [-0.1, -0.05) is 39.0 Å². The average Bonchev–Trinajstić information content (AvgIpc) is 2.61. The van der Waals surface area contributed by atoms with Crippen molar-refractivity contribution in [2.45, 2.75) is 45.1 Å². The molecule has 1 aromatic carbocycles. The van der Waals surface area contributed by atoms with Crippen LogP contribution in [0.4, 0.5) is 0 Å². The molecule has 1 aliphatic heterocycles. The molecule has 5 heteroatoms. The second kappa shape index (κ2) is 6.82. The number of rotatable bonds is 2. The maximum absolute atomic E-state index is 12.5. The maximum atomic E-state index is 12.5. The SMILES string of the molecule is CC(C)(C)c1ccc(=O)n(C2CCN(C(=O)c3ccccc3)CC2)n1. The van der Waals surface area contributed by atoms with Crippen LogP contribution in [0.25, 0.3) is 0 Å². The van der Waals surface area contributed by atoms with Gasteiger partial charge in [-0.2, -0.15) is 5.10 Å². The molecule has 0 radical (unpaired) electrons. The fourth-order valence-electron chi connectivity index (χ4n) is 3.16. The van der Waals surface area contributed by atoms with E-state index in [1.807, 2.05) is 41.3 Å². The van der Waals surface area contributed by atoms with E-state index in [1.54, 1.807) is 10.7 Å². The van der Waals surface area contributed by atoms with Gasteiger partial charge in [-0.05, 0) is 31.0 Å². The Morgan fingerprint density at radius 3 is 2.28 bits per heavy atom. The zero-order chi connectivity index (χ0) is 18.0. The van der Waals surface area contributed by atoms with Gasteiger partial charge < -0.3 is 4.90 Å². The molecular formula is C20H25N3O2. The molecule has 2 heterocycles. The molecule has 1 saturated heterocycles. The molecule has 2 aromatic rings. The Morgan fingerprint density at radius 1 is 1.04 bits per heavy atom. The number of benzene rings is 1. The van der Waals surface area contributed by atoms with Crippen LogP contribution in [0.3, 0.4) is 0 Å². The fourth-order valence-corrected chi connectivity index (χ4v) is 3.16. The number of likely N-dealkylation sites (tertiary alicyclic amines) is 1. The Hall–Kier alpha value is -2.43. The minimum atomic E-state index is -0.0978. The smallest absolute Gasteiger partial charge is 0.267 e. The van der Waals surface area contributed by atoms with Crippen LogP contribution in [0, 0.1) is 0 Å². The highest BCUT2D eigenvalue weighted by Crippen LogP contribution is 2.24. The number of amides is 1. The zero-order valence-electron chi connectivity index (χ0n) is 15.1. The summed E-state index contributed by atoms with van der Waals surface area (Å²) >= 11 is 0. The minimum Gasteiger partial charge on any atom is -0.338 e. The predicted molar refractivity (Wildman–Crippen MR) is 97.8 cm³/mol. The summed E-state index contributed by atoms with van der Waals surface area (Å²) in [7, 11) is 0. The molecule has 1 amide bonds. The van der Waals surface area contributed by atoms with E-state index in [1.165, 1.54) is 0 Å². The fraction of sp³-hybridized carbons (Fsp3) is 0.450. The van der Waals surface area contributed by atoms with Gasteiger partial charge in [0.05, 0.1) is 11.7 Å². The Labute approximate surface area is 148 Å². The van der Waals surface area contributed by atoms with Gasteiger partial charge in [0.15, 0.2) is 0 Å². The van der Waals surface area contributed by atoms with Crippen molar-refractivity contribution in [3.8, 4) is 0 Å². The standard InChI is InChI=1S/C20H25N3O2/c1-20(2,3)17-9-10-18(24)23(21-17)16-11-13-22(14-12-16)19(25)15-7-5-4-6-8-15/h4-10,16H,11-14H2,1-3H3. The number of carbonyl (C=O) groups excluding carboxylic acids is 1. The van der Waals surface area contributed by atoms with Gasteiger partial charge in [-0.25, -0.2) is 4.68 Å². The van der Waals surface area contributed by atoms with Crippen LogP contribution in [0.2, 0.25) is 0 Å². The molecule has 132 valence electrons. The lowest BCUT2D eigenvalue weighted by atomic mass is 9.92. The van der Waals surface area contributed by atoms with E-state index in [-0.39, 0.29) is 22.9 Å². The molecule has 0 aliphatic carbocycles. The predicted octanol–water partition coefficient (Wildman–Crippen LogP) is 3.02. The van der Waals surface area contributed by atoms with Gasteiger partial charge in [0.1, 0.15) is 0 Å². The normalized spacial score (nSPS) is 16.0. The first-order chi connectivity index (χ1) is 11.9. The monoisotopic (exact) mass is 339 g/mol.